The van der Waals surface area contributed by atoms with Crippen LogP contribution in [0.25, 0.3) is 0 Å². The first-order valence-electron chi connectivity index (χ1n) is 8.82. The van der Waals surface area contributed by atoms with Crippen molar-refractivity contribution in [1.29, 1.82) is 0 Å². The summed E-state index contributed by atoms with van der Waals surface area (Å²) in [6, 6.07) is 12.8. The van der Waals surface area contributed by atoms with Crippen LogP contribution in [0.3, 0.4) is 0 Å². The largest absolute Gasteiger partial charge is 0.489 e. The molecule has 0 amide bonds. The van der Waals surface area contributed by atoms with Crippen molar-refractivity contribution in [3.8, 4) is 5.75 Å². The van der Waals surface area contributed by atoms with Gasteiger partial charge < -0.3 is 14.3 Å². The van der Waals surface area contributed by atoms with Crippen molar-refractivity contribution in [3.63, 3.8) is 0 Å². The van der Waals surface area contributed by atoms with E-state index in [0.717, 1.165) is 29.7 Å². The van der Waals surface area contributed by atoms with Crippen LogP contribution in [0.2, 0.25) is 5.02 Å². The summed E-state index contributed by atoms with van der Waals surface area (Å²) < 4.78 is 11.2. The molecule has 2 rings (SSSR count). The maximum Gasteiger partial charge on any atom is 0.361 e. The van der Waals surface area contributed by atoms with Gasteiger partial charge in [-0.05, 0) is 42.7 Å². The van der Waals surface area contributed by atoms with Crippen molar-refractivity contribution in [2.24, 2.45) is 5.16 Å². The molecule has 6 heteroatoms. The third kappa shape index (κ3) is 6.00. The Hall–Kier alpha value is -2.53. The van der Waals surface area contributed by atoms with E-state index in [-0.39, 0.29) is 12.3 Å². The lowest BCUT2D eigenvalue weighted by atomic mass is 10.0. The van der Waals surface area contributed by atoms with Gasteiger partial charge in [-0.25, -0.2) is 4.79 Å². The van der Waals surface area contributed by atoms with Crippen molar-refractivity contribution < 1.29 is 19.1 Å². The Morgan fingerprint density at radius 3 is 2.67 bits per heavy atom. The first-order chi connectivity index (χ1) is 13.1. The average Bonchev–Trinajstić information content (AvgIpc) is 2.66. The van der Waals surface area contributed by atoms with Crippen LogP contribution in [0, 0.1) is 6.92 Å². The summed E-state index contributed by atoms with van der Waals surface area (Å²) in [6.45, 7) is 4.57. The fourth-order valence-electron chi connectivity index (χ4n) is 2.47. The van der Waals surface area contributed by atoms with Gasteiger partial charge in [0.1, 0.15) is 19.5 Å². The molecule has 2 aromatic rings. The molecular formula is C21H24ClNO4. The SMILES string of the molecule is CCCCOC(=O)C(=NOC)c1ccccc1COc1ccc(Cl)cc1C. The Labute approximate surface area is 164 Å². The topological polar surface area (TPSA) is 57.1 Å². The number of carbonyl (C=O) groups is 1. The van der Waals surface area contributed by atoms with Gasteiger partial charge in [-0.1, -0.05) is 54.4 Å². The van der Waals surface area contributed by atoms with Crippen LogP contribution in [0.15, 0.2) is 47.6 Å². The fourth-order valence-corrected chi connectivity index (χ4v) is 2.70. The molecule has 0 saturated heterocycles. The second kappa shape index (κ2) is 10.6. The fraction of sp³-hybridized carbons (Fsp3) is 0.333. The Kier molecular flexibility index (Phi) is 8.14. The molecule has 0 bridgehead atoms. The summed E-state index contributed by atoms with van der Waals surface area (Å²) in [5.41, 5.74) is 2.48. The number of halogens is 1. The minimum atomic E-state index is -0.513. The lowest BCUT2D eigenvalue weighted by Crippen LogP contribution is -2.21. The number of ether oxygens (including phenoxy) is 2. The van der Waals surface area contributed by atoms with E-state index in [1.165, 1.54) is 7.11 Å². The Bertz CT molecular complexity index is 805. The average molecular weight is 390 g/mol. The van der Waals surface area contributed by atoms with E-state index in [2.05, 4.69) is 5.16 Å². The van der Waals surface area contributed by atoms with Crippen molar-refractivity contribution >= 4 is 23.3 Å². The normalized spacial score (nSPS) is 11.2. The molecule has 0 atom stereocenters. The van der Waals surface area contributed by atoms with E-state index in [0.29, 0.717) is 17.2 Å². The van der Waals surface area contributed by atoms with E-state index in [9.17, 15) is 4.79 Å². The van der Waals surface area contributed by atoms with E-state index in [4.69, 9.17) is 25.9 Å². The van der Waals surface area contributed by atoms with Crippen molar-refractivity contribution in [3.05, 3.63) is 64.2 Å². The van der Waals surface area contributed by atoms with Gasteiger partial charge in [-0.15, -0.1) is 0 Å². The van der Waals surface area contributed by atoms with Crippen molar-refractivity contribution in [1.82, 2.24) is 0 Å². The maximum absolute atomic E-state index is 12.4. The summed E-state index contributed by atoms with van der Waals surface area (Å²) in [7, 11) is 1.40. The van der Waals surface area contributed by atoms with Gasteiger partial charge in [0.15, 0.2) is 5.71 Å². The third-order valence-electron chi connectivity index (χ3n) is 3.90. The van der Waals surface area contributed by atoms with Gasteiger partial charge >= 0.3 is 5.97 Å². The zero-order valence-electron chi connectivity index (χ0n) is 15.8. The molecule has 5 nitrogen and oxygen atoms in total. The highest BCUT2D eigenvalue weighted by Crippen LogP contribution is 2.23. The molecule has 0 aromatic heterocycles. The van der Waals surface area contributed by atoms with Gasteiger partial charge in [0.05, 0.1) is 6.61 Å². The number of esters is 1. The lowest BCUT2D eigenvalue weighted by Gasteiger charge is -2.13. The highest BCUT2D eigenvalue weighted by atomic mass is 35.5. The number of nitrogens with zero attached hydrogens (tertiary/aromatic N) is 1. The number of oxime groups is 1. The molecule has 0 aliphatic carbocycles. The molecule has 144 valence electrons. The van der Waals surface area contributed by atoms with E-state index >= 15 is 0 Å². The summed E-state index contributed by atoms with van der Waals surface area (Å²) in [5.74, 6) is 0.213. The van der Waals surface area contributed by atoms with Crippen molar-refractivity contribution in [2.75, 3.05) is 13.7 Å². The van der Waals surface area contributed by atoms with Crippen LogP contribution in [0.4, 0.5) is 0 Å². The number of carbonyl (C=O) groups excluding carboxylic acids is 1. The number of hydrogen-bond acceptors (Lipinski definition) is 5. The standard InChI is InChI=1S/C21H24ClNO4/c1-4-5-12-26-21(24)20(23-25-3)18-9-7-6-8-16(18)14-27-19-11-10-17(22)13-15(19)2/h6-11,13H,4-5,12,14H2,1-3H3. The second-order valence-corrected chi connectivity index (χ2v) is 6.40. The molecule has 0 spiro atoms. The minimum absolute atomic E-state index is 0.126. The zero-order valence-corrected chi connectivity index (χ0v) is 16.6. The molecule has 0 N–H and O–H groups in total. The predicted molar refractivity (Wildman–Crippen MR) is 106 cm³/mol. The van der Waals surface area contributed by atoms with Crippen LogP contribution in [-0.2, 0) is 21.0 Å². The molecule has 0 heterocycles. The number of benzene rings is 2. The van der Waals surface area contributed by atoms with Crippen LogP contribution in [-0.4, -0.2) is 25.4 Å². The number of rotatable bonds is 9. The Morgan fingerprint density at radius 2 is 1.96 bits per heavy atom. The van der Waals surface area contributed by atoms with Gasteiger partial charge in [0.25, 0.3) is 0 Å². The summed E-state index contributed by atoms with van der Waals surface area (Å²) >= 11 is 5.99. The first-order valence-corrected chi connectivity index (χ1v) is 9.20. The molecule has 0 aliphatic rings. The molecule has 0 saturated carbocycles. The highest BCUT2D eigenvalue weighted by molar-refractivity contribution is 6.43. The number of aryl methyl sites for hydroxylation is 1. The minimum Gasteiger partial charge on any atom is -0.489 e. The maximum atomic E-state index is 12.4. The van der Waals surface area contributed by atoms with Gasteiger partial charge in [-0.3, -0.25) is 0 Å². The van der Waals surface area contributed by atoms with Crippen LogP contribution < -0.4 is 4.74 Å². The van der Waals surface area contributed by atoms with Crippen LogP contribution in [0.5, 0.6) is 5.75 Å². The third-order valence-corrected chi connectivity index (χ3v) is 4.13. The summed E-state index contributed by atoms with van der Waals surface area (Å²) in [4.78, 5) is 17.3. The molecular weight excluding hydrogens is 366 g/mol. The van der Waals surface area contributed by atoms with E-state index < -0.39 is 5.97 Å². The molecule has 0 aliphatic heterocycles. The van der Waals surface area contributed by atoms with Crippen molar-refractivity contribution in [2.45, 2.75) is 33.3 Å². The monoisotopic (exact) mass is 389 g/mol. The molecule has 0 radical (unpaired) electrons. The van der Waals surface area contributed by atoms with Crippen LogP contribution in [0.1, 0.15) is 36.5 Å². The molecule has 0 unspecified atom stereocenters. The van der Waals surface area contributed by atoms with Gasteiger partial charge in [0, 0.05) is 10.6 Å². The number of unbranched alkanes of at least 4 members (excludes halogenated alkanes) is 1. The quantitative estimate of drug-likeness (QED) is 0.264. The van der Waals surface area contributed by atoms with E-state index in [1.54, 1.807) is 12.1 Å². The zero-order chi connectivity index (χ0) is 19.6. The van der Waals surface area contributed by atoms with Crippen LogP contribution >= 0.6 is 11.6 Å². The van der Waals surface area contributed by atoms with E-state index in [1.807, 2.05) is 44.2 Å². The highest BCUT2D eigenvalue weighted by Gasteiger charge is 2.20. The summed E-state index contributed by atoms with van der Waals surface area (Å²) in [5, 5.41) is 4.54. The second-order valence-electron chi connectivity index (χ2n) is 5.97. The first kappa shape index (κ1) is 20.8. The van der Waals surface area contributed by atoms with Gasteiger partial charge in [-0.2, -0.15) is 0 Å². The molecule has 27 heavy (non-hydrogen) atoms. The molecule has 2 aromatic carbocycles. The summed E-state index contributed by atoms with van der Waals surface area (Å²) in [6.07, 6.45) is 1.74. The Balaban J connectivity index is 2.21. The predicted octanol–water partition coefficient (Wildman–Crippen LogP) is 4.92. The van der Waals surface area contributed by atoms with Gasteiger partial charge in [0.2, 0.25) is 0 Å². The smallest absolute Gasteiger partial charge is 0.361 e. The lowest BCUT2D eigenvalue weighted by molar-refractivity contribution is -0.135. The number of hydrogen-bond donors (Lipinski definition) is 0. The molecule has 0 fully saturated rings. The Morgan fingerprint density at radius 1 is 1.19 bits per heavy atom.